The van der Waals surface area contributed by atoms with Crippen molar-refractivity contribution < 1.29 is 14.3 Å². The Morgan fingerprint density at radius 3 is 2.47 bits per heavy atom. The third kappa shape index (κ3) is 4.18. The lowest BCUT2D eigenvalue weighted by atomic mass is 9.80. The van der Waals surface area contributed by atoms with Gasteiger partial charge in [-0.05, 0) is 92.6 Å². The van der Waals surface area contributed by atoms with Crippen molar-refractivity contribution >= 4 is 22.5 Å². The molecule has 0 spiro atoms. The molecule has 8 heteroatoms. The first-order chi connectivity index (χ1) is 16.2. The molecular formula is C26H30FN5O2. The fourth-order valence-corrected chi connectivity index (χ4v) is 5.85. The van der Waals surface area contributed by atoms with E-state index < -0.39 is 11.7 Å². The average molecular weight is 464 g/mol. The monoisotopic (exact) mass is 463 g/mol. The molecule has 2 aliphatic rings. The molecule has 2 aliphatic heterocycles. The van der Waals surface area contributed by atoms with Gasteiger partial charge in [0.2, 0.25) is 0 Å². The van der Waals surface area contributed by atoms with Gasteiger partial charge in [0.15, 0.2) is 0 Å². The molecule has 7 nitrogen and oxygen atoms in total. The van der Waals surface area contributed by atoms with Crippen LogP contribution in [-0.4, -0.2) is 45.9 Å². The fraction of sp³-hybridized carbons (Fsp3) is 0.423. The highest BCUT2D eigenvalue weighted by Crippen LogP contribution is 2.44. The first-order valence-electron chi connectivity index (χ1n) is 11.7. The van der Waals surface area contributed by atoms with Crippen molar-refractivity contribution in [3.8, 4) is 17.0 Å². The molecule has 1 aromatic heterocycles. The number of nitrogens with one attached hydrogen (secondary N) is 3. The Morgan fingerprint density at radius 1 is 1.12 bits per heavy atom. The number of amides is 1. The van der Waals surface area contributed by atoms with E-state index in [-0.39, 0.29) is 22.4 Å². The first-order valence-corrected chi connectivity index (χ1v) is 11.7. The number of hydrogen-bond donors (Lipinski definition) is 4. The molecule has 5 rings (SSSR count). The standard InChI is InChI=1S/C26H30FN5O2/c1-25-6-7-26(2,32-25)13-15(12-25)14-29-23-5-4-21(30-31-23)19-9-16-10-20(27)18(24(34)28-3)8-17(16)11-22(19)33/h4-5,8-11,15,32-33H,6-7,12-14H2,1-3H3,(H,28,34)(H,29,31). The molecule has 3 aromatic rings. The van der Waals surface area contributed by atoms with Crippen LogP contribution in [0.2, 0.25) is 0 Å². The summed E-state index contributed by atoms with van der Waals surface area (Å²) in [5.41, 5.74) is 1.32. The summed E-state index contributed by atoms with van der Waals surface area (Å²) in [6.45, 7) is 5.48. The van der Waals surface area contributed by atoms with Crippen LogP contribution in [-0.2, 0) is 0 Å². The van der Waals surface area contributed by atoms with E-state index in [1.54, 1.807) is 12.1 Å². The number of halogens is 1. The van der Waals surface area contributed by atoms with E-state index in [0.29, 0.717) is 33.8 Å². The highest BCUT2D eigenvalue weighted by molar-refractivity contribution is 6.00. The maximum absolute atomic E-state index is 14.4. The van der Waals surface area contributed by atoms with E-state index in [0.717, 1.165) is 19.4 Å². The van der Waals surface area contributed by atoms with Crippen molar-refractivity contribution in [2.45, 2.75) is 50.6 Å². The zero-order valence-electron chi connectivity index (χ0n) is 19.7. The molecule has 178 valence electrons. The van der Waals surface area contributed by atoms with Crippen molar-refractivity contribution in [1.29, 1.82) is 0 Å². The molecule has 2 fully saturated rings. The molecule has 0 aliphatic carbocycles. The quantitative estimate of drug-likeness (QED) is 0.452. The molecular weight excluding hydrogens is 433 g/mol. The molecule has 2 atom stereocenters. The molecule has 4 N–H and O–H groups in total. The van der Waals surface area contributed by atoms with E-state index in [1.165, 1.54) is 38.1 Å². The number of fused-ring (bicyclic) bond motifs is 3. The van der Waals surface area contributed by atoms with E-state index in [4.69, 9.17) is 0 Å². The minimum atomic E-state index is -0.622. The highest BCUT2D eigenvalue weighted by Gasteiger charge is 2.48. The number of benzene rings is 2. The molecule has 1 amide bonds. The summed E-state index contributed by atoms with van der Waals surface area (Å²) in [4.78, 5) is 11.9. The lowest BCUT2D eigenvalue weighted by Crippen LogP contribution is -2.54. The minimum absolute atomic E-state index is 0.0105. The van der Waals surface area contributed by atoms with Gasteiger partial charge in [0.1, 0.15) is 17.4 Å². The zero-order valence-corrected chi connectivity index (χ0v) is 19.7. The number of piperidine rings is 1. The van der Waals surface area contributed by atoms with Gasteiger partial charge in [-0.25, -0.2) is 4.39 Å². The largest absolute Gasteiger partial charge is 0.507 e. The molecule has 2 aromatic carbocycles. The second kappa shape index (κ2) is 8.20. The minimum Gasteiger partial charge on any atom is -0.507 e. The number of nitrogens with zero attached hydrogens (tertiary/aromatic N) is 2. The molecule has 34 heavy (non-hydrogen) atoms. The summed E-state index contributed by atoms with van der Waals surface area (Å²) in [5, 5.41) is 29.9. The lowest BCUT2D eigenvalue weighted by Gasteiger charge is -2.42. The second-order valence-corrected chi connectivity index (χ2v) is 10.3. The van der Waals surface area contributed by atoms with E-state index in [1.807, 2.05) is 6.07 Å². The van der Waals surface area contributed by atoms with Gasteiger partial charge in [-0.3, -0.25) is 4.79 Å². The Kier molecular flexibility index (Phi) is 5.43. The van der Waals surface area contributed by atoms with E-state index >= 15 is 0 Å². The van der Waals surface area contributed by atoms with Crippen molar-refractivity contribution in [2.75, 3.05) is 18.9 Å². The van der Waals surface area contributed by atoms with Crippen LogP contribution in [0.25, 0.3) is 22.0 Å². The number of carbonyl (C=O) groups excluding carboxylic acids is 1. The highest BCUT2D eigenvalue weighted by atomic mass is 19.1. The normalized spacial score (nSPS) is 25.9. The zero-order chi connectivity index (χ0) is 24.1. The Labute approximate surface area is 198 Å². The summed E-state index contributed by atoms with van der Waals surface area (Å²) in [5.74, 6) is 0.106. The fourth-order valence-electron chi connectivity index (χ4n) is 5.85. The second-order valence-electron chi connectivity index (χ2n) is 10.3. The number of rotatable bonds is 5. The number of carbonyl (C=O) groups is 1. The van der Waals surface area contributed by atoms with Gasteiger partial charge in [0, 0.05) is 30.2 Å². The molecule has 2 unspecified atom stereocenters. The number of hydrogen-bond acceptors (Lipinski definition) is 6. The van der Waals surface area contributed by atoms with Gasteiger partial charge < -0.3 is 21.1 Å². The van der Waals surface area contributed by atoms with Crippen LogP contribution in [0.1, 0.15) is 49.9 Å². The molecule has 2 saturated heterocycles. The van der Waals surface area contributed by atoms with Crippen LogP contribution in [0.3, 0.4) is 0 Å². The smallest absolute Gasteiger partial charge is 0.254 e. The van der Waals surface area contributed by atoms with Crippen LogP contribution in [0, 0.1) is 11.7 Å². The number of aromatic hydroxyl groups is 1. The summed E-state index contributed by atoms with van der Waals surface area (Å²) >= 11 is 0. The Hall–Kier alpha value is -3.26. The number of anilines is 1. The topological polar surface area (TPSA) is 99.2 Å². The molecule has 2 bridgehead atoms. The number of phenols is 1. The van der Waals surface area contributed by atoms with Crippen molar-refractivity contribution in [3.05, 3.63) is 47.8 Å². The molecule has 3 heterocycles. The van der Waals surface area contributed by atoms with Gasteiger partial charge in [0.25, 0.3) is 5.91 Å². The van der Waals surface area contributed by atoms with Crippen LogP contribution < -0.4 is 16.0 Å². The summed E-state index contributed by atoms with van der Waals surface area (Å²) < 4.78 is 14.4. The van der Waals surface area contributed by atoms with Crippen molar-refractivity contribution in [1.82, 2.24) is 20.8 Å². The van der Waals surface area contributed by atoms with Crippen molar-refractivity contribution in [3.63, 3.8) is 0 Å². The van der Waals surface area contributed by atoms with Crippen LogP contribution in [0.5, 0.6) is 5.75 Å². The predicted molar refractivity (Wildman–Crippen MR) is 130 cm³/mol. The van der Waals surface area contributed by atoms with Gasteiger partial charge in [-0.2, -0.15) is 0 Å². The summed E-state index contributed by atoms with van der Waals surface area (Å²) in [7, 11) is 1.44. The average Bonchev–Trinajstić information content (AvgIpc) is 3.03. The summed E-state index contributed by atoms with van der Waals surface area (Å²) in [6, 6.07) is 9.53. The Morgan fingerprint density at radius 2 is 1.82 bits per heavy atom. The Balaban J connectivity index is 1.32. The molecule has 0 radical (unpaired) electrons. The lowest BCUT2D eigenvalue weighted by molar-refractivity contribution is 0.0959. The van der Waals surface area contributed by atoms with Crippen LogP contribution in [0.15, 0.2) is 36.4 Å². The van der Waals surface area contributed by atoms with Crippen molar-refractivity contribution in [2.24, 2.45) is 5.92 Å². The van der Waals surface area contributed by atoms with Gasteiger partial charge in [0.05, 0.1) is 11.3 Å². The molecule has 0 saturated carbocycles. The van der Waals surface area contributed by atoms with Gasteiger partial charge in [-0.1, -0.05) is 0 Å². The third-order valence-electron chi connectivity index (χ3n) is 7.34. The summed E-state index contributed by atoms with van der Waals surface area (Å²) in [6.07, 6.45) is 4.73. The van der Waals surface area contributed by atoms with Crippen LogP contribution in [0.4, 0.5) is 10.2 Å². The first kappa shape index (κ1) is 22.5. The maximum Gasteiger partial charge on any atom is 0.254 e. The maximum atomic E-state index is 14.4. The van der Waals surface area contributed by atoms with Crippen LogP contribution >= 0.6 is 0 Å². The Bertz CT molecular complexity index is 1250. The van der Waals surface area contributed by atoms with E-state index in [2.05, 4.69) is 40.0 Å². The number of phenolic OH excluding ortho intramolecular Hbond substituents is 1. The van der Waals surface area contributed by atoms with E-state index in [9.17, 15) is 14.3 Å². The van der Waals surface area contributed by atoms with Gasteiger partial charge in [-0.15, -0.1) is 10.2 Å². The number of aromatic nitrogens is 2. The third-order valence-corrected chi connectivity index (χ3v) is 7.34. The van der Waals surface area contributed by atoms with Gasteiger partial charge >= 0.3 is 0 Å². The predicted octanol–water partition coefficient (Wildman–Crippen LogP) is 4.22. The SMILES string of the molecule is CNC(=O)c1cc2cc(O)c(-c3ccc(NCC4CC5(C)CCC(C)(C4)N5)nn3)cc2cc1F.